The smallest absolute Gasteiger partial charge is 0.256 e. The van der Waals surface area contributed by atoms with Crippen LogP contribution in [0.15, 0.2) is 12.1 Å². The molecule has 3 rings (SSSR count). The van der Waals surface area contributed by atoms with Crippen LogP contribution in [0.25, 0.3) is 11.0 Å². The van der Waals surface area contributed by atoms with Crippen molar-refractivity contribution < 1.29 is 14.0 Å². The fourth-order valence-electron chi connectivity index (χ4n) is 2.99. The van der Waals surface area contributed by atoms with Gasteiger partial charge in [0.2, 0.25) is 5.91 Å². The third-order valence-electron chi connectivity index (χ3n) is 4.47. The number of nitrogens with one attached hydrogen (secondary N) is 1. The Hall–Kier alpha value is -2.57. The molecule has 6 nitrogen and oxygen atoms in total. The molecule has 1 saturated heterocycles. The molecule has 2 aromatic rings. The van der Waals surface area contributed by atoms with Gasteiger partial charge in [-0.3, -0.25) is 9.59 Å². The molecule has 0 spiro atoms. The Morgan fingerprint density at radius 2 is 1.96 bits per heavy atom. The van der Waals surface area contributed by atoms with Gasteiger partial charge in [0.05, 0.1) is 28.4 Å². The summed E-state index contributed by atoms with van der Waals surface area (Å²) in [6.45, 7) is 4.39. The lowest BCUT2D eigenvalue weighted by atomic mass is 10.1. The van der Waals surface area contributed by atoms with Gasteiger partial charge in [0, 0.05) is 26.2 Å². The van der Waals surface area contributed by atoms with Crippen LogP contribution in [0.2, 0.25) is 0 Å². The zero-order chi connectivity index (χ0) is 17.4. The number of amides is 2. The highest BCUT2D eigenvalue weighted by Crippen LogP contribution is 2.24. The van der Waals surface area contributed by atoms with E-state index in [4.69, 9.17) is 0 Å². The topological polar surface area (TPSA) is 75.2 Å². The second-order valence-electron chi connectivity index (χ2n) is 6.07. The zero-order valence-electron chi connectivity index (χ0n) is 13.9. The highest BCUT2D eigenvalue weighted by molar-refractivity contribution is 6.05. The zero-order valence-corrected chi connectivity index (χ0v) is 13.9. The van der Waals surface area contributed by atoms with Crippen molar-refractivity contribution in [3.8, 4) is 0 Å². The summed E-state index contributed by atoms with van der Waals surface area (Å²) < 4.78 is 13.9. The van der Waals surface area contributed by atoms with E-state index < -0.39 is 5.82 Å². The largest absolute Gasteiger partial charge is 0.359 e. The number of nitrogens with zero attached hydrogens (tertiary/aromatic N) is 3. The van der Waals surface area contributed by atoms with Gasteiger partial charge in [0.15, 0.2) is 0 Å². The van der Waals surface area contributed by atoms with Crippen LogP contribution in [0.5, 0.6) is 0 Å². The second-order valence-corrected chi connectivity index (χ2v) is 6.07. The number of hydrogen-bond acceptors (Lipinski definition) is 4. The van der Waals surface area contributed by atoms with Crippen LogP contribution in [0.4, 0.5) is 4.39 Å². The van der Waals surface area contributed by atoms with E-state index in [9.17, 15) is 14.0 Å². The van der Waals surface area contributed by atoms with E-state index in [0.29, 0.717) is 41.9 Å². The Morgan fingerprint density at radius 1 is 1.25 bits per heavy atom. The fraction of sp³-hybridized carbons (Fsp3) is 0.412. The van der Waals surface area contributed by atoms with Crippen LogP contribution in [-0.4, -0.2) is 46.8 Å². The van der Waals surface area contributed by atoms with E-state index in [1.165, 1.54) is 12.1 Å². The molecule has 1 aromatic heterocycles. The summed E-state index contributed by atoms with van der Waals surface area (Å²) in [5, 5.41) is 2.60. The predicted octanol–water partition coefficient (Wildman–Crippen LogP) is 1.59. The van der Waals surface area contributed by atoms with Gasteiger partial charge in [-0.1, -0.05) is 0 Å². The fourth-order valence-corrected chi connectivity index (χ4v) is 2.99. The number of halogens is 1. The van der Waals surface area contributed by atoms with Crippen molar-refractivity contribution in [1.29, 1.82) is 0 Å². The molecule has 2 amide bonds. The monoisotopic (exact) mass is 330 g/mol. The molecule has 1 aromatic carbocycles. The van der Waals surface area contributed by atoms with Crippen LogP contribution in [0.3, 0.4) is 0 Å². The minimum absolute atomic E-state index is 0.0827. The first kappa shape index (κ1) is 16.3. The van der Waals surface area contributed by atoms with Gasteiger partial charge in [-0.25, -0.2) is 14.4 Å². The summed E-state index contributed by atoms with van der Waals surface area (Å²) in [4.78, 5) is 34.9. The second kappa shape index (κ2) is 6.14. The Kier molecular flexibility index (Phi) is 4.17. The van der Waals surface area contributed by atoms with E-state index in [2.05, 4.69) is 15.3 Å². The summed E-state index contributed by atoms with van der Waals surface area (Å²) in [6, 6.07) is 2.48. The number of hydrogen-bond donors (Lipinski definition) is 1. The molecule has 126 valence electrons. The quantitative estimate of drug-likeness (QED) is 0.907. The maximum Gasteiger partial charge on any atom is 0.256 e. The van der Waals surface area contributed by atoms with Crippen molar-refractivity contribution in [2.45, 2.75) is 20.3 Å². The summed E-state index contributed by atoms with van der Waals surface area (Å²) in [6.07, 6.45) is 0.600. The van der Waals surface area contributed by atoms with Crippen molar-refractivity contribution >= 4 is 22.8 Å². The van der Waals surface area contributed by atoms with Gasteiger partial charge >= 0.3 is 0 Å². The summed E-state index contributed by atoms with van der Waals surface area (Å²) in [5.41, 5.74) is 2.36. The van der Waals surface area contributed by atoms with Crippen LogP contribution < -0.4 is 5.32 Å². The van der Waals surface area contributed by atoms with Gasteiger partial charge in [0.25, 0.3) is 5.91 Å². The van der Waals surface area contributed by atoms with Gasteiger partial charge in [0.1, 0.15) is 11.3 Å². The number of benzene rings is 1. The number of fused-ring (bicyclic) bond motifs is 1. The van der Waals surface area contributed by atoms with Crippen molar-refractivity contribution in [3.63, 3.8) is 0 Å². The lowest BCUT2D eigenvalue weighted by Crippen LogP contribution is -2.33. The van der Waals surface area contributed by atoms with Gasteiger partial charge < -0.3 is 10.2 Å². The third kappa shape index (κ3) is 2.81. The Labute approximate surface area is 139 Å². The first-order valence-corrected chi connectivity index (χ1v) is 7.86. The Morgan fingerprint density at radius 3 is 2.67 bits per heavy atom. The lowest BCUT2D eigenvalue weighted by molar-refractivity contribution is -0.124. The number of rotatable bonds is 2. The summed E-state index contributed by atoms with van der Waals surface area (Å²) in [7, 11) is 1.58. The van der Waals surface area contributed by atoms with Gasteiger partial charge in [-0.2, -0.15) is 0 Å². The minimum Gasteiger partial charge on any atom is -0.359 e. The molecule has 1 fully saturated rings. The molecule has 2 heterocycles. The molecule has 0 saturated carbocycles. The SMILES string of the molecule is CNC(=O)C1CCN(C(=O)c2cc(F)cc3nc(C)c(C)nc23)C1. The van der Waals surface area contributed by atoms with E-state index in [0.717, 1.165) is 0 Å². The van der Waals surface area contributed by atoms with E-state index >= 15 is 0 Å². The normalized spacial score (nSPS) is 17.3. The molecule has 1 N–H and O–H groups in total. The molecule has 24 heavy (non-hydrogen) atoms. The van der Waals surface area contributed by atoms with Crippen molar-refractivity contribution in [2.24, 2.45) is 5.92 Å². The first-order valence-electron chi connectivity index (χ1n) is 7.86. The van der Waals surface area contributed by atoms with Crippen molar-refractivity contribution in [1.82, 2.24) is 20.2 Å². The highest BCUT2D eigenvalue weighted by Gasteiger charge is 2.32. The molecule has 0 radical (unpaired) electrons. The lowest BCUT2D eigenvalue weighted by Gasteiger charge is -2.17. The molecule has 1 atom stereocenters. The van der Waals surface area contributed by atoms with E-state index in [-0.39, 0.29) is 23.3 Å². The van der Waals surface area contributed by atoms with Crippen LogP contribution in [0, 0.1) is 25.6 Å². The number of aryl methyl sites for hydroxylation is 2. The van der Waals surface area contributed by atoms with Crippen LogP contribution in [-0.2, 0) is 4.79 Å². The maximum atomic E-state index is 13.9. The van der Waals surface area contributed by atoms with Crippen LogP contribution >= 0.6 is 0 Å². The van der Waals surface area contributed by atoms with Gasteiger partial charge in [-0.05, 0) is 26.3 Å². The number of carbonyl (C=O) groups excluding carboxylic acids is 2. The summed E-state index contributed by atoms with van der Waals surface area (Å²) in [5.74, 6) is -1.15. The van der Waals surface area contributed by atoms with Gasteiger partial charge in [-0.15, -0.1) is 0 Å². The molecule has 1 aliphatic heterocycles. The molecule has 7 heteroatoms. The van der Waals surface area contributed by atoms with Crippen LogP contribution in [0.1, 0.15) is 28.2 Å². The standard InChI is InChI=1S/C17H19FN4O2/c1-9-10(2)21-15-13(6-12(18)7-14(15)20-9)17(24)22-5-4-11(8-22)16(23)19-3/h6-7,11H,4-5,8H2,1-3H3,(H,19,23). The predicted molar refractivity (Wildman–Crippen MR) is 87.0 cm³/mol. The minimum atomic E-state index is -0.523. The molecule has 0 aliphatic carbocycles. The third-order valence-corrected chi connectivity index (χ3v) is 4.47. The van der Waals surface area contributed by atoms with E-state index in [1.54, 1.807) is 25.8 Å². The number of carbonyl (C=O) groups is 2. The Balaban J connectivity index is 1.98. The van der Waals surface area contributed by atoms with Crippen molar-refractivity contribution in [2.75, 3.05) is 20.1 Å². The van der Waals surface area contributed by atoms with E-state index in [1.807, 2.05) is 0 Å². The summed E-state index contributed by atoms with van der Waals surface area (Å²) >= 11 is 0. The first-order chi connectivity index (χ1) is 11.4. The highest BCUT2D eigenvalue weighted by atomic mass is 19.1. The van der Waals surface area contributed by atoms with Crippen molar-refractivity contribution in [3.05, 3.63) is 34.9 Å². The average molecular weight is 330 g/mol. The molecular weight excluding hydrogens is 311 g/mol. The molecule has 1 unspecified atom stereocenters. The molecular formula is C17H19FN4O2. The Bertz CT molecular complexity index is 837. The maximum absolute atomic E-state index is 13.9. The molecule has 0 bridgehead atoms. The molecule has 1 aliphatic rings. The average Bonchev–Trinajstić information content (AvgIpc) is 3.04. The number of likely N-dealkylation sites (tertiary alicyclic amines) is 1. The number of aromatic nitrogens is 2.